The number of likely N-dealkylation sites (tertiary alicyclic amines) is 1. The smallest absolute Gasteiger partial charge is 0.311 e. The second-order valence-corrected chi connectivity index (χ2v) is 4.79. The summed E-state index contributed by atoms with van der Waals surface area (Å²) in [4.78, 5) is 27.3. The molecule has 0 radical (unpaired) electrons. The second-order valence-electron chi connectivity index (χ2n) is 4.79. The van der Waals surface area contributed by atoms with Gasteiger partial charge in [-0.1, -0.05) is 0 Å². The van der Waals surface area contributed by atoms with Crippen molar-refractivity contribution in [1.82, 2.24) is 9.88 Å². The molecule has 0 saturated carbocycles. The fourth-order valence-corrected chi connectivity index (χ4v) is 2.30. The average Bonchev–Trinajstić information content (AvgIpc) is 2.41. The zero-order valence-corrected chi connectivity index (χ0v) is 11.0. The van der Waals surface area contributed by atoms with Crippen LogP contribution in [0.15, 0.2) is 18.3 Å². The van der Waals surface area contributed by atoms with Crippen LogP contribution in [0.2, 0.25) is 0 Å². The first kappa shape index (κ1) is 14.2. The number of aromatic nitrogens is 1. The van der Waals surface area contributed by atoms with E-state index in [1.807, 2.05) is 4.90 Å². The Bertz CT molecular complexity index is 500. The molecule has 0 bridgehead atoms. The van der Waals surface area contributed by atoms with Crippen molar-refractivity contribution in [3.8, 4) is 0 Å². The monoisotopic (exact) mass is 279 g/mol. The number of hydrogen-bond acceptors (Lipinski definition) is 6. The van der Waals surface area contributed by atoms with E-state index in [1.54, 1.807) is 6.07 Å². The van der Waals surface area contributed by atoms with Gasteiger partial charge in [-0.05, 0) is 18.9 Å². The van der Waals surface area contributed by atoms with Gasteiger partial charge in [0.1, 0.15) is 0 Å². The van der Waals surface area contributed by atoms with Crippen LogP contribution in [0.25, 0.3) is 0 Å². The number of pyridine rings is 1. The van der Waals surface area contributed by atoms with Crippen molar-refractivity contribution in [3.63, 3.8) is 0 Å². The van der Waals surface area contributed by atoms with E-state index in [0.717, 1.165) is 25.9 Å². The Labute approximate surface area is 116 Å². The van der Waals surface area contributed by atoms with Crippen LogP contribution in [0.3, 0.4) is 0 Å². The predicted octanol–water partition coefficient (Wildman–Crippen LogP) is 0.351. The maximum atomic E-state index is 10.9. The Morgan fingerprint density at radius 3 is 2.85 bits per heavy atom. The van der Waals surface area contributed by atoms with E-state index < -0.39 is 4.92 Å². The number of rotatable bonds is 5. The summed E-state index contributed by atoms with van der Waals surface area (Å²) in [7, 11) is 0. The van der Waals surface area contributed by atoms with Gasteiger partial charge < -0.3 is 11.1 Å². The maximum Gasteiger partial charge on any atom is 0.311 e. The minimum Gasteiger partial charge on any atom is -0.369 e. The molecule has 0 aromatic carbocycles. The van der Waals surface area contributed by atoms with Crippen molar-refractivity contribution in [2.45, 2.75) is 18.9 Å². The fraction of sp³-hybridized carbons (Fsp3) is 0.500. The molecule has 1 saturated heterocycles. The molecule has 1 aromatic heterocycles. The number of anilines is 1. The molecule has 1 fully saturated rings. The van der Waals surface area contributed by atoms with Crippen LogP contribution in [-0.2, 0) is 4.79 Å². The van der Waals surface area contributed by atoms with E-state index in [-0.39, 0.29) is 24.2 Å². The topological polar surface area (TPSA) is 114 Å². The van der Waals surface area contributed by atoms with Gasteiger partial charge in [0.2, 0.25) is 11.7 Å². The third-order valence-corrected chi connectivity index (χ3v) is 3.29. The van der Waals surface area contributed by atoms with Gasteiger partial charge in [0, 0.05) is 31.4 Å². The molecule has 1 amide bonds. The molecule has 2 rings (SSSR count). The predicted molar refractivity (Wildman–Crippen MR) is 73.2 cm³/mol. The van der Waals surface area contributed by atoms with Gasteiger partial charge in [-0.3, -0.25) is 19.8 Å². The number of nitrogens with one attached hydrogen (secondary N) is 1. The summed E-state index contributed by atoms with van der Waals surface area (Å²) in [5, 5.41) is 14.0. The SMILES string of the molecule is NC(=O)CN1CCC(Nc2ncccc2[N+](=O)[O-])CC1. The number of nitro groups is 1. The molecule has 108 valence electrons. The number of nitrogens with two attached hydrogens (primary N) is 1. The number of carbonyl (C=O) groups excluding carboxylic acids is 1. The van der Waals surface area contributed by atoms with Crippen LogP contribution in [-0.4, -0.2) is 46.4 Å². The van der Waals surface area contributed by atoms with Crippen LogP contribution in [0, 0.1) is 10.1 Å². The van der Waals surface area contributed by atoms with Crippen LogP contribution >= 0.6 is 0 Å². The Hall–Kier alpha value is -2.22. The zero-order chi connectivity index (χ0) is 14.5. The molecular weight excluding hydrogens is 262 g/mol. The molecule has 1 aliphatic heterocycles. The lowest BCUT2D eigenvalue weighted by molar-refractivity contribution is -0.384. The normalized spacial score (nSPS) is 16.8. The first-order chi connectivity index (χ1) is 9.56. The van der Waals surface area contributed by atoms with Gasteiger partial charge in [0.15, 0.2) is 0 Å². The Balaban J connectivity index is 1.93. The molecule has 8 nitrogen and oxygen atoms in total. The molecule has 1 aliphatic rings. The number of primary amides is 1. The second kappa shape index (κ2) is 6.29. The van der Waals surface area contributed by atoms with Crippen molar-refractivity contribution >= 4 is 17.4 Å². The number of carbonyl (C=O) groups is 1. The van der Waals surface area contributed by atoms with Crippen molar-refractivity contribution < 1.29 is 9.72 Å². The number of amides is 1. The summed E-state index contributed by atoms with van der Waals surface area (Å²) in [6, 6.07) is 3.09. The minimum absolute atomic E-state index is 0.0212. The first-order valence-corrected chi connectivity index (χ1v) is 6.43. The van der Waals surface area contributed by atoms with Crippen molar-refractivity contribution in [1.29, 1.82) is 0 Å². The summed E-state index contributed by atoms with van der Waals surface area (Å²) in [6.07, 6.45) is 3.11. The summed E-state index contributed by atoms with van der Waals surface area (Å²) in [6.45, 7) is 1.74. The Morgan fingerprint density at radius 1 is 1.55 bits per heavy atom. The maximum absolute atomic E-state index is 10.9. The van der Waals surface area contributed by atoms with Gasteiger partial charge in [0.05, 0.1) is 11.5 Å². The summed E-state index contributed by atoms with van der Waals surface area (Å²) in [5.41, 5.74) is 5.13. The van der Waals surface area contributed by atoms with Crippen molar-refractivity contribution in [2.24, 2.45) is 5.73 Å². The van der Waals surface area contributed by atoms with Gasteiger partial charge in [-0.2, -0.15) is 0 Å². The van der Waals surface area contributed by atoms with E-state index in [9.17, 15) is 14.9 Å². The highest BCUT2D eigenvalue weighted by Gasteiger charge is 2.23. The van der Waals surface area contributed by atoms with E-state index >= 15 is 0 Å². The minimum atomic E-state index is -0.447. The van der Waals surface area contributed by atoms with Crippen LogP contribution in [0.4, 0.5) is 11.5 Å². The molecule has 2 heterocycles. The highest BCUT2D eigenvalue weighted by atomic mass is 16.6. The van der Waals surface area contributed by atoms with E-state index in [2.05, 4.69) is 10.3 Å². The molecule has 1 aromatic rings. The van der Waals surface area contributed by atoms with Gasteiger partial charge in [-0.15, -0.1) is 0 Å². The molecule has 0 aliphatic carbocycles. The van der Waals surface area contributed by atoms with E-state index in [1.165, 1.54) is 12.3 Å². The quantitative estimate of drug-likeness (QED) is 0.593. The summed E-state index contributed by atoms with van der Waals surface area (Å²) < 4.78 is 0. The molecule has 0 atom stereocenters. The number of nitrogens with zero attached hydrogens (tertiary/aromatic N) is 3. The van der Waals surface area contributed by atoms with E-state index in [0.29, 0.717) is 5.82 Å². The van der Waals surface area contributed by atoms with Crippen LogP contribution in [0.1, 0.15) is 12.8 Å². The van der Waals surface area contributed by atoms with Crippen LogP contribution < -0.4 is 11.1 Å². The molecule has 8 heteroatoms. The largest absolute Gasteiger partial charge is 0.369 e. The lowest BCUT2D eigenvalue weighted by Gasteiger charge is -2.31. The Kier molecular flexibility index (Phi) is 4.46. The average molecular weight is 279 g/mol. The zero-order valence-electron chi connectivity index (χ0n) is 11.0. The van der Waals surface area contributed by atoms with Gasteiger partial charge in [0.25, 0.3) is 0 Å². The number of hydrogen-bond donors (Lipinski definition) is 2. The number of piperidine rings is 1. The molecule has 0 spiro atoms. The molecular formula is C12H17N5O3. The fourth-order valence-electron chi connectivity index (χ4n) is 2.30. The van der Waals surface area contributed by atoms with Crippen LogP contribution in [0.5, 0.6) is 0 Å². The molecule has 0 unspecified atom stereocenters. The van der Waals surface area contributed by atoms with Crippen molar-refractivity contribution in [3.05, 3.63) is 28.4 Å². The van der Waals surface area contributed by atoms with Gasteiger partial charge in [-0.25, -0.2) is 4.98 Å². The van der Waals surface area contributed by atoms with E-state index in [4.69, 9.17) is 5.73 Å². The third-order valence-electron chi connectivity index (χ3n) is 3.29. The summed E-state index contributed by atoms with van der Waals surface area (Å²) >= 11 is 0. The highest BCUT2D eigenvalue weighted by molar-refractivity contribution is 5.75. The first-order valence-electron chi connectivity index (χ1n) is 6.43. The lowest BCUT2D eigenvalue weighted by atomic mass is 10.0. The highest BCUT2D eigenvalue weighted by Crippen LogP contribution is 2.23. The molecule has 20 heavy (non-hydrogen) atoms. The molecule has 3 N–H and O–H groups in total. The Morgan fingerprint density at radius 2 is 2.25 bits per heavy atom. The van der Waals surface area contributed by atoms with Gasteiger partial charge >= 0.3 is 5.69 Å². The third kappa shape index (κ3) is 3.64. The lowest BCUT2D eigenvalue weighted by Crippen LogP contribution is -2.43. The summed E-state index contributed by atoms with van der Waals surface area (Å²) in [5.74, 6) is -0.0392. The van der Waals surface area contributed by atoms with Crippen molar-refractivity contribution in [2.75, 3.05) is 25.0 Å². The standard InChI is InChI=1S/C12H17N5O3/c13-11(18)8-16-6-3-9(4-7-16)15-12-10(17(19)20)2-1-5-14-12/h1-2,5,9H,3-4,6-8H2,(H2,13,18)(H,14,15).